The summed E-state index contributed by atoms with van der Waals surface area (Å²) >= 11 is 12.0. The molecular weight excluding hydrogens is 527 g/mol. The molecule has 0 saturated carbocycles. The molecule has 3 aromatic rings. The average molecular weight is 551 g/mol. The molecule has 3 aromatic carbocycles. The Hall–Kier alpha value is -3.11. The second kappa shape index (κ2) is 12.7. The minimum Gasteiger partial charge on any atom is -0.490 e. The molecule has 0 aliphatic rings. The van der Waals surface area contributed by atoms with Gasteiger partial charge in [-0.2, -0.15) is 4.72 Å². The van der Waals surface area contributed by atoms with E-state index in [1.807, 2.05) is 0 Å². The molecule has 0 aliphatic heterocycles. The van der Waals surface area contributed by atoms with Crippen molar-refractivity contribution in [2.24, 2.45) is 0 Å². The molecule has 0 radical (unpaired) electrons. The maximum Gasteiger partial charge on any atom is 0.310 e. The number of sulfonamides is 1. The number of hydrogen-bond acceptors (Lipinski definition) is 6. The lowest BCUT2D eigenvalue weighted by Crippen LogP contribution is -2.47. The monoisotopic (exact) mass is 550 g/mol. The number of rotatable bonds is 11. The van der Waals surface area contributed by atoms with Crippen LogP contribution in [0.15, 0.2) is 77.7 Å². The van der Waals surface area contributed by atoms with E-state index in [-0.39, 0.29) is 30.5 Å². The van der Waals surface area contributed by atoms with Gasteiger partial charge in [0.25, 0.3) is 0 Å². The van der Waals surface area contributed by atoms with Gasteiger partial charge in [-0.15, -0.1) is 0 Å². The lowest BCUT2D eigenvalue weighted by atomic mass is 10.1. The van der Waals surface area contributed by atoms with Gasteiger partial charge in [-0.3, -0.25) is 9.59 Å². The van der Waals surface area contributed by atoms with E-state index in [0.29, 0.717) is 27.0 Å². The number of carbonyl (C=O) groups is 2. The SMILES string of the molecule is CCOC(=O)Cc1ccc(NC(=O)[C@H](COc2ccccc2Cl)NS(=O)(=O)c2ccc(Cl)cc2)cc1. The maximum absolute atomic E-state index is 13.1. The molecule has 0 spiro atoms. The molecule has 2 N–H and O–H groups in total. The van der Waals surface area contributed by atoms with Gasteiger partial charge in [-0.05, 0) is 61.0 Å². The van der Waals surface area contributed by atoms with Gasteiger partial charge >= 0.3 is 5.97 Å². The van der Waals surface area contributed by atoms with Crippen molar-refractivity contribution in [2.75, 3.05) is 18.5 Å². The molecule has 190 valence electrons. The van der Waals surface area contributed by atoms with Crippen LogP contribution < -0.4 is 14.8 Å². The van der Waals surface area contributed by atoms with Gasteiger partial charge in [0, 0.05) is 10.7 Å². The van der Waals surface area contributed by atoms with Crippen molar-refractivity contribution in [2.45, 2.75) is 24.3 Å². The number of nitrogens with one attached hydrogen (secondary N) is 2. The van der Waals surface area contributed by atoms with Gasteiger partial charge in [0.05, 0.1) is 22.9 Å². The van der Waals surface area contributed by atoms with E-state index in [4.69, 9.17) is 32.7 Å². The zero-order chi connectivity index (χ0) is 26.1. The van der Waals surface area contributed by atoms with E-state index in [2.05, 4.69) is 10.0 Å². The van der Waals surface area contributed by atoms with Crippen LogP contribution in [0.3, 0.4) is 0 Å². The molecule has 11 heteroatoms. The lowest BCUT2D eigenvalue weighted by molar-refractivity contribution is -0.142. The quantitative estimate of drug-likeness (QED) is 0.341. The van der Waals surface area contributed by atoms with Crippen molar-refractivity contribution in [3.63, 3.8) is 0 Å². The minimum atomic E-state index is -4.09. The molecule has 8 nitrogen and oxygen atoms in total. The van der Waals surface area contributed by atoms with Gasteiger partial charge in [-0.25, -0.2) is 8.42 Å². The summed E-state index contributed by atoms with van der Waals surface area (Å²) in [6, 6.07) is 17.4. The lowest BCUT2D eigenvalue weighted by Gasteiger charge is -2.20. The number of halogens is 2. The first-order valence-corrected chi connectivity index (χ1v) is 13.1. The topological polar surface area (TPSA) is 111 Å². The first-order valence-electron chi connectivity index (χ1n) is 10.9. The highest BCUT2D eigenvalue weighted by Crippen LogP contribution is 2.23. The standard InChI is InChI=1S/C25H24Cl2N2O6S/c1-2-34-24(30)15-17-7-11-19(12-8-17)28-25(31)22(16-35-23-6-4-3-5-21(23)27)29-36(32,33)20-13-9-18(26)10-14-20/h3-14,22,29H,2,15-16H2,1H3,(H,28,31)/t22-/m0/s1. The van der Waals surface area contributed by atoms with Gasteiger partial charge < -0.3 is 14.8 Å². The highest BCUT2D eigenvalue weighted by Gasteiger charge is 2.27. The Bertz CT molecular complexity index is 1300. The van der Waals surface area contributed by atoms with Crippen molar-refractivity contribution < 1.29 is 27.5 Å². The molecule has 0 heterocycles. The number of hydrogen-bond donors (Lipinski definition) is 2. The number of amides is 1. The number of ether oxygens (including phenoxy) is 2. The van der Waals surface area contributed by atoms with Crippen LogP contribution in [0.2, 0.25) is 10.0 Å². The Labute approximate surface area is 219 Å². The van der Waals surface area contributed by atoms with E-state index >= 15 is 0 Å². The Balaban J connectivity index is 1.76. The van der Waals surface area contributed by atoms with Gasteiger partial charge in [0.1, 0.15) is 18.4 Å². The van der Waals surface area contributed by atoms with Gasteiger partial charge in [-0.1, -0.05) is 47.5 Å². The number of anilines is 1. The highest BCUT2D eigenvalue weighted by atomic mass is 35.5. The first-order chi connectivity index (χ1) is 17.2. The number of benzene rings is 3. The predicted octanol–water partition coefficient (Wildman–Crippen LogP) is 4.46. The van der Waals surface area contributed by atoms with Crippen molar-refractivity contribution in [1.82, 2.24) is 4.72 Å². The normalized spacial score (nSPS) is 12.0. The number of carbonyl (C=O) groups excluding carboxylic acids is 2. The molecule has 0 bridgehead atoms. The zero-order valence-corrected chi connectivity index (χ0v) is 21.6. The third kappa shape index (κ3) is 7.96. The third-order valence-corrected chi connectivity index (χ3v) is 6.91. The minimum absolute atomic E-state index is 0.0641. The van der Waals surface area contributed by atoms with Crippen LogP contribution in [0.5, 0.6) is 5.75 Å². The second-order valence-corrected chi connectivity index (χ2v) is 10.1. The second-order valence-electron chi connectivity index (χ2n) is 7.54. The molecule has 36 heavy (non-hydrogen) atoms. The number of esters is 1. The fourth-order valence-corrected chi connectivity index (χ4v) is 4.58. The van der Waals surface area contributed by atoms with Crippen molar-refractivity contribution in [3.05, 3.63) is 88.4 Å². The number of para-hydroxylation sites is 1. The summed E-state index contributed by atoms with van der Waals surface area (Å²) in [5, 5.41) is 3.35. The van der Waals surface area contributed by atoms with Crippen LogP contribution in [0.1, 0.15) is 12.5 Å². The van der Waals surface area contributed by atoms with Gasteiger partial charge in [0.2, 0.25) is 15.9 Å². The van der Waals surface area contributed by atoms with Gasteiger partial charge in [0.15, 0.2) is 0 Å². The summed E-state index contributed by atoms with van der Waals surface area (Å²) in [4.78, 5) is 24.7. The summed E-state index contributed by atoms with van der Waals surface area (Å²) in [5.74, 6) is -0.716. The fourth-order valence-electron chi connectivity index (χ4n) is 3.08. The third-order valence-electron chi connectivity index (χ3n) is 4.86. The molecule has 0 unspecified atom stereocenters. The van der Waals surface area contributed by atoms with Crippen LogP contribution >= 0.6 is 23.2 Å². The van der Waals surface area contributed by atoms with Crippen LogP contribution in [-0.4, -0.2) is 39.5 Å². The largest absolute Gasteiger partial charge is 0.490 e. The van der Waals surface area contributed by atoms with E-state index in [9.17, 15) is 18.0 Å². The summed E-state index contributed by atoms with van der Waals surface area (Å²) < 4.78 is 38.8. The van der Waals surface area contributed by atoms with E-state index < -0.39 is 22.0 Å². The molecular formula is C25H24Cl2N2O6S. The van der Waals surface area contributed by atoms with Crippen molar-refractivity contribution in [3.8, 4) is 5.75 Å². The summed E-state index contributed by atoms with van der Waals surface area (Å²) in [7, 11) is -4.09. The van der Waals surface area contributed by atoms with Crippen LogP contribution in [0.25, 0.3) is 0 Å². The Morgan fingerprint density at radius 1 is 0.944 bits per heavy atom. The Kier molecular flexibility index (Phi) is 9.72. The Morgan fingerprint density at radius 2 is 1.61 bits per heavy atom. The Morgan fingerprint density at radius 3 is 2.25 bits per heavy atom. The van der Waals surface area contributed by atoms with Crippen LogP contribution in [0, 0.1) is 0 Å². The maximum atomic E-state index is 13.1. The molecule has 0 fully saturated rings. The van der Waals surface area contributed by atoms with Crippen molar-refractivity contribution >= 4 is 50.8 Å². The predicted molar refractivity (Wildman–Crippen MR) is 138 cm³/mol. The molecule has 3 rings (SSSR count). The van der Waals surface area contributed by atoms with Crippen LogP contribution in [-0.2, 0) is 30.8 Å². The van der Waals surface area contributed by atoms with E-state index in [0.717, 1.165) is 0 Å². The van der Waals surface area contributed by atoms with E-state index in [1.54, 1.807) is 55.5 Å². The zero-order valence-electron chi connectivity index (χ0n) is 19.2. The molecule has 1 atom stereocenters. The summed E-state index contributed by atoms with van der Waals surface area (Å²) in [5.41, 5.74) is 1.11. The molecule has 0 aliphatic carbocycles. The average Bonchev–Trinajstić information content (AvgIpc) is 2.84. The summed E-state index contributed by atoms with van der Waals surface area (Å²) in [6.45, 7) is 1.68. The smallest absolute Gasteiger partial charge is 0.310 e. The van der Waals surface area contributed by atoms with Crippen LogP contribution in [0.4, 0.5) is 5.69 Å². The summed E-state index contributed by atoms with van der Waals surface area (Å²) in [6.07, 6.45) is 0.0945. The van der Waals surface area contributed by atoms with Crippen molar-refractivity contribution in [1.29, 1.82) is 0 Å². The van der Waals surface area contributed by atoms with E-state index in [1.165, 1.54) is 24.3 Å². The molecule has 0 saturated heterocycles. The fraction of sp³-hybridized carbons (Fsp3) is 0.200. The first kappa shape index (κ1) is 27.5. The highest BCUT2D eigenvalue weighted by molar-refractivity contribution is 7.89. The molecule has 1 amide bonds. The molecule has 0 aromatic heterocycles.